The number of hydrogen-bond acceptors (Lipinski definition) is 2. The molecule has 5 heterocycles. The van der Waals surface area contributed by atoms with Gasteiger partial charge in [0.05, 0.1) is 22.8 Å². The van der Waals surface area contributed by atoms with Gasteiger partial charge in [-0.2, -0.15) is 0 Å². The molecule has 0 spiro atoms. The third kappa shape index (κ3) is 12.3. The van der Waals surface area contributed by atoms with Gasteiger partial charge in [-0.05, 0) is 175 Å². The Morgan fingerprint density at radius 1 is 0.284 bits per heavy atom. The highest BCUT2D eigenvalue weighted by atomic mass is 127. The molecule has 2 aliphatic rings. The summed E-state index contributed by atoms with van der Waals surface area (Å²) < 4.78 is 1.09. The fourth-order valence-electron chi connectivity index (χ4n) is 11.0. The van der Waals surface area contributed by atoms with Gasteiger partial charge in [0.15, 0.2) is 0 Å². The molecule has 8 bridgehead atoms. The van der Waals surface area contributed by atoms with Crippen molar-refractivity contribution in [3.05, 3.63) is 164 Å². The lowest BCUT2D eigenvalue weighted by molar-refractivity contribution is 0.568. The molecule has 0 aliphatic carbocycles. The van der Waals surface area contributed by atoms with Gasteiger partial charge in [0.1, 0.15) is 0 Å². The predicted octanol–water partition coefficient (Wildman–Crippen LogP) is 22.5. The molecule has 81 heavy (non-hydrogen) atoms. The van der Waals surface area contributed by atoms with E-state index in [1.54, 1.807) is 0 Å². The molecular weight excluding hydrogens is 1100 g/mol. The van der Waals surface area contributed by atoms with Crippen LogP contribution in [0.3, 0.4) is 0 Å². The normalized spacial score (nSPS) is 14.0. The maximum absolute atomic E-state index is 5.96. The Labute approximate surface area is 501 Å². The molecule has 2 aliphatic heterocycles. The minimum absolute atomic E-state index is 0.101. The summed E-state index contributed by atoms with van der Waals surface area (Å²) in [5.41, 5.74) is 26.1. The number of nitrogens with one attached hydrogen (secondary N) is 2. The maximum Gasteiger partial charge on any atom is 0.0870 e. The van der Waals surface area contributed by atoms with Gasteiger partial charge in [-0.15, -0.1) is 0 Å². The smallest absolute Gasteiger partial charge is 0.0870 e. The Kier molecular flexibility index (Phi) is 14.9. The maximum atomic E-state index is 5.96. The number of halogens is 1. The second-order valence-electron chi connectivity index (χ2n) is 31.8. The van der Waals surface area contributed by atoms with E-state index in [-0.39, 0.29) is 43.3 Å². The zero-order valence-corrected chi connectivity index (χ0v) is 55.9. The van der Waals surface area contributed by atoms with Crippen LogP contribution in [-0.4, -0.2) is 19.9 Å². The Hall–Kier alpha value is -5.79. The van der Waals surface area contributed by atoms with Crippen LogP contribution in [-0.2, 0) is 43.3 Å². The summed E-state index contributed by atoms with van der Waals surface area (Å²) in [6.07, 6.45) is 6.85. The average molecular weight is 1190 g/mol. The predicted molar refractivity (Wildman–Crippen MR) is 363 cm³/mol. The fourth-order valence-corrected chi connectivity index (χ4v) is 11.7. The Morgan fingerprint density at radius 3 is 0.753 bits per heavy atom. The molecule has 424 valence electrons. The quantitative estimate of drug-likeness (QED) is 0.173. The van der Waals surface area contributed by atoms with Crippen molar-refractivity contribution in [2.45, 2.75) is 209 Å². The number of rotatable bonds is 4. The van der Waals surface area contributed by atoms with E-state index in [0.717, 1.165) is 92.9 Å². The van der Waals surface area contributed by atoms with Crippen LogP contribution in [0.1, 0.15) is 233 Å². The van der Waals surface area contributed by atoms with Crippen molar-refractivity contribution in [1.29, 1.82) is 0 Å². The van der Waals surface area contributed by atoms with E-state index in [9.17, 15) is 0 Å². The lowest BCUT2D eigenvalue weighted by Gasteiger charge is -2.26. The molecule has 9 rings (SSSR count). The van der Waals surface area contributed by atoms with Crippen molar-refractivity contribution >= 4 is 66.5 Å². The van der Waals surface area contributed by atoms with Crippen LogP contribution < -0.4 is 0 Å². The van der Waals surface area contributed by atoms with Crippen molar-refractivity contribution in [3.63, 3.8) is 0 Å². The molecule has 2 N–H and O–H groups in total. The molecule has 0 fully saturated rings. The second-order valence-corrected chi connectivity index (χ2v) is 33.0. The molecule has 7 aromatic rings. The Balaban J connectivity index is 1.58. The molecule has 5 heteroatoms. The van der Waals surface area contributed by atoms with Crippen molar-refractivity contribution in [1.82, 2.24) is 19.9 Å². The molecule has 0 saturated carbocycles. The van der Waals surface area contributed by atoms with E-state index >= 15 is 0 Å². The van der Waals surface area contributed by atoms with E-state index in [2.05, 4.69) is 314 Å². The second kappa shape index (κ2) is 20.2. The molecule has 0 unspecified atom stereocenters. The lowest BCUT2D eigenvalue weighted by atomic mass is 9.78. The van der Waals surface area contributed by atoms with Crippen molar-refractivity contribution < 1.29 is 0 Å². The van der Waals surface area contributed by atoms with Crippen LogP contribution in [0.25, 0.3) is 88.4 Å². The van der Waals surface area contributed by atoms with E-state index in [4.69, 9.17) is 9.97 Å². The monoisotopic (exact) mass is 1190 g/mol. The van der Waals surface area contributed by atoms with Gasteiger partial charge in [-0.3, -0.25) is 0 Å². The summed E-state index contributed by atoms with van der Waals surface area (Å²) in [4.78, 5) is 20.2. The number of aromatic nitrogens is 4. The largest absolute Gasteiger partial charge is 0.354 e. The third-order valence-electron chi connectivity index (χ3n) is 16.6. The number of aromatic amines is 2. The Morgan fingerprint density at radius 2 is 0.506 bits per heavy atom. The first-order valence-electron chi connectivity index (χ1n) is 29.6. The van der Waals surface area contributed by atoms with Gasteiger partial charge in [-0.25, -0.2) is 9.97 Å². The zero-order valence-electron chi connectivity index (χ0n) is 53.7. The summed E-state index contributed by atoms with van der Waals surface area (Å²) in [5, 5.41) is 0. The minimum Gasteiger partial charge on any atom is -0.354 e. The average Bonchev–Trinajstić information content (AvgIpc) is 4.22. The standard InChI is InChI=1S/C76H93IN4/c1-69(2,3)48-31-44(32-49(39-48)70(4,5)6)64-57-25-26-58(78-57)65(45-33-50(71(7,8)9)40-51(34-45)72(10,11)12)60-29-30-62(80-60)67(47-37-54(75(19,20)21)42-55(38-47)76(22,23)24)68-56(77)43-63(81-68)66(61-28-27-59(64)79-61)46-35-52(73(13,14)15)41-53(36-46)74(16,17)18/h25-43,79-80H,1-24H3. The number of benzene rings is 4. The van der Waals surface area contributed by atoms with Gasteiger partial charge in [-0.1, -0.05) is 239 Å². The summed E-state index contributed by atoms with van der Waals surface area (Å²) >= 11 is 2.58. The first-order chi connectivity index (χ1) is 37.1. The van der Waals surface area contributed by atoms with Gasteiger partial charge in [0.2, 0.25) is 0 Å². The molecule has 4 aromatic carbocycles. The van der Waals surface area contributed by atoms with Crippen LogP contribution >= 0.6 is 22.6 Å². The zero-order chi connectivity index (χ0) is 59.7. The fraction of sp³-hybridized carbons (Fsp3) is 0.421. The van der Waals surface area contributed by atoms with Gasteiger partial charge < -0.3 is 9.97 Å². The summed E-state index contributed by atoms with van der Waals surface area (Å²) in [5.74, 6) is 0. The third-order valence-corrected chi connectivity index (χ3v) is 17.5. The van der Waals surface area contributed by atoms with Gasteiger partial charge in [0, 0.05) is 47.9 Å². The summed E-state index contributed by atoms with van der Waals surface area (Å²) in [6, 6.07) is 38.2. The molecule has 4 nitrogen and oxygen atoms in total. The van der Waals surface area contributed by atoms with E-state index in [1.165, 1.54) is 44.5 Å². The molecule has 0 radical (unpaired) electrons. The lowest BCUT2D eigenvalue weighted by Crippen LogP contribution is -2.16. The molecule has 3 aromatic heterocycles. The highest BCUT2D eigenvalue weighted by molar-refractivity contribution is 14.1. The minimum atomic E-state index is -0.105. The number of fused-ring (bicyclic) bond motifs is 8. The SMILES string of the molecule is CC(C)(C)c1cc(-c2c3nc(c(-c4cc(C(C)(C)C)cc(C(C)(C)C)c4)c4ccc([nH]4)c(-c4cc(C(C)(C)C)cc(C(C)(C)C)c4)c4nc(c(-c5cc(C(C)(C)C)cc(C(C)(C)C)c5)c5ccc2[nH]5)C=C4I)C=C3)cc(C(C)(C)C)c1. The number of nitrogens with zero attached hydrogens (tertiary/aromatic N) is 2. The van der Waals surface area contributed by atoms with Crippen LogP contribution in [0.2, 0.25) is 0 Å². The number of H-pyrrole nitrogens is 2. The van der Waals surface area contributed by atoms with Crippen LogP contribution in [0.4, 0.5) is 0 Å². The first kappa shape index (κ1) is 59.8. The molecule has 0 saturated heterocycles. The van der Waals surface area contributed by atoms with E-state index < -0.39 is 0 Å². The number of hydrogen-bond donors (Lipinski definition) is 2. The first-order valence-corrected chi connectivity index (χ1v) is 30.6. The van der Waals surface area contributed by atoms with E-state index in [0.29, 0.717) is 0 Å². The van der Waals surface area contributed by atoms with Crippen LogP contribution in [0.5, 0.6) is 0 Å². The van der Waals surface area contributed by atoms with Crippen LogP contribution in [0, 0.1) is 0 Å². The van der Waals surface area contributed by atoms with Crippen molar-refractivity contribution in [2.24, 2.45) is 0 Å². The summed E-state index contributed by atoms with van der Waals surface area (Å²) in [7, 11) is 0. The topological polar surface area (TPSA) is 57.4 Å². The molecule has 0 amide bonds. The highest BCUT2D eigenvalue weighted by Crippen LogP contribution is 2.47. The molecule has 0 atom stereocenters. The van der Waals surface area contributed by atoms with Crippen LogP contribution in [0.15, 0.2) is 97.1 Å². The molecular formula is C76H93IN4. The highest BCUT2D eigenvalue weighted by Gasteiger charge is 2.30. The Bertz CT molecular complexity index is 3750. The van der Waals surface area contributed by atoms with E-state index in [1.807, 2.05) is 0 Å². The summed E-state index contributed by atoms with van der Waals surface area (Å²) in [6.45, 7) is 55.8. The van der Waals surface area contributed by atoms with Crippen molar-refractivity contribution in [2.75, 3.05) is 0 Å². The van der Waals surface area contributed by atoms with Gasteiger partial charge >= 0.3 is 0 Å². The van der Waals surface area contributed by atoms with Crippen molar-refractivity contribution in [3.8, 4) is 44.5 Å². The van der Waals surface area contributed by atoms with Gasteiger partial charge in [0.25, 0.3) is 0 Å².